The van der Waals surface area contributed by atoms with Crippen molar-refractivity contribution >= 4 is 94.6 Å². The highest BCUT2D eigenvalue weighted by Gasteiger charge is 2.39. The Labute approximate surface area is 641 Å². The first-order valence-electron chi connectivity index (χ1n) is 37.2. The molecule has 1 heterocycles. The van der Waals surface area contributed by atoms with Crippen LogP contribution in [0.15, 0.2) is 24.3 Å². The molecule has 1 aromatic carbocycles. The van der Waals surface area contributed by atoms with Crippen molar-refractivity contribution in [2.45, 2.75) is 269 Å². The van der Waals surface area contributed by atoms with Gasteiger partial charge < -0.3 is 123 Å². The molecule has 1 fully saturated rings. The number of hydrogen-bond acceptors (Lipinski definition) is 23. The van der Waals surface area contributed by atoms with Crippen LogP contribution in [0.4, 0.5) is 0 Å². The number of nitrogens with one attached hydrogen (secondary N) is 13. The molecule has 14 amide bonds. The number of carboxylic acids is 2. The maximum Gasteiger partial charge on any atom is 0.328 e. The van der Waals surface area contributed by atoms with Crippen LogP contribution in [0.3, 0.4) is 0 Å². The third kappa shape index (κ3) is 38.6. The van der Waals surface area contributed by atoms with Crippen LogP contribution in [0.25, 0.3) is 0 Å². The number of primary amides is 2. The summed E-state index contributed by atoms with van der Waals surface area (Å²) < 4.78 is 0. The molecule has 1 saturated heterocycles. The van der Waals surface area contributed by atoms with Crippen molar-refractivity contribution in [2.75, 3.05) is 26.2 Å². The Hall–Kier alpha value is -9.70. The number of aliphatic hydroxyl groups is 2. The van der Waals surface area contributed by atoms with Crippen molar-refractivity contribution in [1.82, 2.24) is 69.1 Å². The zero-order valence-corrected chi connectivity index (χ0v) is 64.7. The van der Waals surface area contributed by atoms with Gasteiger partial charge in [-0.3, -0.25) is 71.9 Å². The molecule has 1 aliphatic rings. The van der Waals surface area contributed by atoms with Gasteiger partial charge in [-0.25, -0.2) is 4.79 Å². The molecule has 0 bridgehead atoms. The zero-order valence-electron chi connectivity index (χ0n) is 64.7. The van der Waals surface area contributed by atoms with Gasteiger partial charge >= 0.3 is 5.97 Å². The summed E-state index contributed by atoms with van der Waals surface area (Å²) in [5, 5.41) is 81.1. The molecular formula is C71H122N18O21. The van der Waals surface area contributed by atoms with Crippen LogP contribution in [-0.4, -0.2) is 237 Å². The molecule has 28 N–H and O–H groups in total. The first-order chi connectivity index (χ1) is 51.6. The summed E-state index contributed by atoms with van der Waals surface area (Å²) in [5.74, 6) is -17.1. The molecule has 0 saturated carbocycles. The lowest BCUT2D eigenvalue weighted by atomic mass is 9.99. The molecule has 39 nitrogen and oxygen atoms in total. The Morgan fingerprint density at radius 3 is 1.21 bits per heavy atom. The number of amides is 14. The average molecular weight is 1560 g/mol. The van der Waals surface area contributed by atoms with Crippen molar-refractivity contribution in [3.05, 3.63) is 29.8 Å². The van der Waals surface area contributed by atoms with Gasteiger partial charge in [0.25, 0.3) is 5.97 Å². The van der Waals surface area contributed by atoms with E-state index in [1.54, 1.807) is 41.5 Å². The number of carboxylic acid groups (broad SMARTS) is 2. The summed E-state index contributed by atoms with van der Waals surface area (Å²) >= 11 is 0. The fraction of sp³-hybridized carbons (Fsp3) is 0.690. The highest BCUT2D eigenvalue weighted by molar-refractivity contribution is 6.01. The Morgan fingerprint density at radius 2 is 0.800 bits per heavy atom. The summed E-state index contributed by atoms with van der Waals surface area (Å²) in [6.45, 7) is 15.9. The van der Waals surface area contributed by atoms with E-state index in [-0.39, 0.29) is 82.0 Å². The highest BCUT2D eigenvalue weighted by Crippen LogP contribution is 2.17. The Balaban J connectivity index is 0.0000147. The standard InChI is InChI=1S/C69H118N18O19.C2H4O2/c1-35(2)31-48(63(99)76-38(7)57(93)87-56(40(9)89)69(105)106)81-60(96)45(18-11-14-28-71)78-64(100)49(32-36(3)4)84-68(104)55(39(8)88)86-66(102)51(34-53(74)92)83-62(98)47(25-26-52(73)91)79-59(95)46(19-12-15-29-72)80-67(103)54(37(5)6)85-65(101)50(33-41-21-23-42(90)24-22-41)82-61(97)44(17-10-13-27-70)77-58(94)43-20-16-30-75-43;1-2(3)4/h21-24,35-40,43-51,54-56,75,88-90H,10-20,25-34,70-72H2,1-9H3,(H2,73,91)(H2,74,92)(H,76,99)(H,77,94)(H,78,100)(H,79,95)(H,80,103)(H,81,96)(H,82,97)(H,83,98)(H,84,104)(H,85,101)(H,86,102)(H,87,93)(H,105,106);1H3,(H,3,4)/t38-,39+,40+,43-,44-,45-,46-,47-,48-,49-,50-,51+,54-,55-,56-;/m0./s1. The molecular weight excluding hydrogens is 1440 g/mol. The maximum absolute atomic E-state index is 14.5. The lowest BCUT2D eigenvalue weighted by Gasteiger charge is -2.30. The summed E-state index contributed by atoms with van der Waals surface area (Å²) in [7, 11) is 0. The Kier molecular flexibility index (Phi) is 46.2. The van der Waals surface area contributed by atoms with Crippen molar-refractivity contribution < 1.29 is 102 Å². The second-order valence-corrected chi connectivity index (χ2v) is 28.6. The average Bonchev–Trinajstić information content (AvgIpc) is 0.894. The molecule has 0 spiro atoms. The second kappa shape index (κ2) is 51.6. The number of carbonyl (C=O) groups is 16. The summed E-state index contributed by atoms with van der Waals surface area (Å²) in [5.41, 5.74) is 28.8. The van der Waals surface area contributed by atoms with Gasteiger partial charge in [0.15, 0.2) is 6.04 Å². The molecule has 0 aromatic heterocycles. The first kappa shape index (κ1) is 98.3. The minimum Gasteiger partial charge on any atom is -0.508 e. The Bertz CT molecular complexity index is 3190. The smallest absolute Gasteiger partial charge is 0.328 e. The molecule has 622 valence electrons. The number of phenolic OH excluding ortho intramolecular Hbond substituents is 1. The van der Waals surface area contributed by atoms with E-state index in [4.69, 9.17) is 38.6 Å². The van der Waals surface area contributed by atoms with E-state index in [9.17, 15) is 92.3 Å². The van der Waals surface area contributed by atoms with E-state index in [1.807, 2.05) is 0 Å². The zero-order chi connectivity index (χ0) is 83.7. The van der Waals surface area contributed by atoms with Crippen LogP contribution >= 0.6 is 0 Å². The number of aromatic hydroxyl groups is 1. The fourth-order valence-corrected chi connectivity index (χ4v) is 11.3. The molecule has 0 unspecified atom stereocenters. The van der Waals surface area contributed by atoms with Gasteiger partial charge in [0, 0.05) is 19.8 Å². The minimum absolute atomic E-state index is 0.0131. The number of unbranched alkanes of at least 4 members (excludes halogenated alkanes) is 3. The molecule has 39 heteroatoms. The first-order valence-corrected chi connectivity index (χ1v) is 37.2. The maximum atomic E-state index is 14.5. The van der Waals surface area contributed by atoms with Crippen LogP contribution in [-0.2, 0) is 83.1 Å². The molecule has 0 radical (unpaired) electrons. The lowest BCUT2D eigenvalue weighted by molar-refractivity contribution is -0.145. The fourth-order valence-electron chi connectivity index (χ4n) is 11.3. The molecule has 1 aromatic rings. The Morgan fingerprint density at radius 1 is 0.436 bits per heavy atom. The summed E-state index contributed by atoms with van der Waals surface area (Å²) in [6, 6.07) is -13.1. The van der Waals surface area contributed by atoms with E-state index in [2.05, 4.69) is 69.1 Å². The van der Waals surface area contributed by atoms with Gasteiger partial charge in [-0.1, -0.05) is 53.7 Å². The van der Waals surface area contributed by atoms with Crippen molar-refractivity contribution in [3.8, 4) is 5.75 Å². The normalized spacial score (nSPS) is 16.3. The molecule has 1 aliphatic heterocycles. The molecule has 110 heavy (non-hydrogen) atoms. The van der Waals surface area contributed by atoms with Crippen molar-refractivity contribution in [3.63, 3.8) is 0 Å². The predicted octanol–water partition coefficient (Wildman–Crippen LogP) is -5.26. The van der Waals surface area contributed by atoms with E-state index >= 15 is 0 Å². The quantitative estimate of drug-likeness (QED) is 0.0271. The second-order valence-electron chi connectivity index (χ2n) is 28.6. The SMILES string of the molecule is CC(=O)O.CC(C)C[C@H](NC(=O)[C@H](CCCCN)NC(=O)[C@H](CC(C)C)NC(=O)[C@@H](NC(=O)[C@@H](CC(N)=O)NC(=O)[C@H](CCC(N)=O)NC(=O)[C@H](CCCCN)NC(=O)[C@@H](NC(=O)[C@H](Cc1ccc(O)cc1)NC(=O)[C@H](CCCCN)NC(=O)[C@@H]1CCCN1)C(C)C)[C@@H](C)O)C(=O)N[C@@H](C)C(=O)N[C@H](C(=O)O)[C@@H](C)O. The van der Waals surface area contributed by atoms with Gasteiger partial charge in [0.1, 0.15) is 72.2 Å². The van der Waals surface area contributed by atoms with Crippen LogP contribution in [0.1, 0.15) is 178 Å². The van der Waals surface area contributed by atoms with Gasteiger partial charge in [0.05, 0.1) is 24.7 Å². The number of nitrogens with two attached hydrogens (primary N) is 5. The topological polar surface area (TPSA) is 661 Å². The molecule has 15 atom stereocenters. The van der Waals surface area contributed by atoms with Gasteiger partial charge in [0.2, 0.25) is 82.7 Å². The van der Waals surface area contributed by atoms with Gasteiger partial charge in [-0.2, -0.15) is 0 Å². The third-order valence-electron chi connectivity index (χ3n) is 17.3. The third-order valence-corrected chi connectivity index (χ3v) is 17.3. The van der Waals surface area contributed by atoms with Gasteiger partial charge in [-0.15, -0.1) is 0 Å². The van der Waals surface area contributed by atoms with E-state index in [0.717, 1.165) is 27.2 Å². The van der Waals surface area contributed by atoms with E-state index in [0.29, 0.717) is 50.8 Å². The lowest BCUT2D eigenvalue weighted by Crippen LogP contribution is -2.62. The van der Waals surface area contributed by atoms with Crippen LogP contribution < -0.4 is 97.8 Å². The predicted molar refractivity (Wildman–Crippen MR) is 401 cm³/mol. The largest absolute Gasteiger partial charge is 0.508 e. The van der Waals surface area contributed by atoms with Gasteiger partial charge in [-0.05, 0) is 172 Å². The number of carbonyl (C=O) groups excluding carboxylic acids is 14. The number of benzene rings is 1. The highest BCUT2D eigenvalue weighted by atomic mass is 16.4. The molecule has 2 rings (SSSR count). The number of phenols is 1. The van der Waals surface area contributed by atoms with E-state index < -0.39 is 211 Å². The van der Waals surface area contributed by atoms with Crippen LogP contribution in [0.5, 0.6) is 5.75 Å². The van der Waals surface area contributed by atoms with Crippen LogP contribution in [0, 0.1) is 17.8 Å². The summed E-state index contributed by atoms with van der Waals surface area (Å²) in [4.78, 5) is 215. The van der Waals surface area contributed by atoms with E-state index in [1.165, 1.54) is 31.2 Å². The summed E-state index contributed by atoms with van der Waals surface area (Å²) in [6.07, 6.45) is -2.13. The molecule has 0 aliphatic carbocycles. The number of hydrogen-bond donors (Lipinski definition) is 23. The van der Waals surface area contributed by atoms with Crippen LogP contribution in [0.2, 0.25) is 0 Å². The monoisotopic (exact) mass is 1560 g/mol. The number of rotatable bonds is 51. The van der Waals surface area contributed by atoms with Crippen molar-refractivity contribution in [1.29, 1.82) is 0 Å². The minimum atomic E-state index is -1.98. The van der Waals surface area contributed by atoms with Crippen molar-refractivity contribution in [2.24, 2.45) is 46.4 Å². The number of aliphatic hydroxyl groups excluding tert-OH is 2. The number of aliphatic carboxylic acids is 2.